The molecule has 0 aromatic carbocycles. The Kier molecular flexibility index (Phi) is 86.3. The Hall–Kier alpha value is -3.43. The average Bonchev–Trinajstić information content (AvgIpc) is 0.822. The topological polar surface area (TPSA) is 132 Å². The number of allylic oxidation sites excluding steroid dienone is 6. The molecule has 0 spiro atoms. The number of ether oxygens (including phenoxy) is 5. The van der Waals surface area contributed by atoms with Gasteiger partial charge in [0.25, 0.3) is 0 Å². The average molecular weight is 1520 g/mol. The SMILES string of the molecule is CCCCCCCC/C=C\CCCCCCCCOC(=O)CC(C(=O)OCCCCCCCC/C=C\CCCCCCCC)C(C(=O)OCCCCCCCC/C=C\CCCCCCCC)C(COC(=O)CCCCCCCCCCCCCCCCC)OC(=O)CCCCCCCCCCCCCCCCC. The molecule has 0 saturated carbocycles. The minimum absolute atomic E-state index is 0.104. The molecule has 0 heterocycles. The molecule has 0 rings (SSSR count). The quantitative estimate of drug-likeness (QED) is 0.0251. The fraction of sp³-hybridized carbons (Fsp3) is 0.888. The lowest BCUT2D eigenvalue weighted by molar-refractivity contribution is -0.180. The molecule has 0 aromatic rings. The molecule has 0 fully saturated rings. The van der Waals surface area contributed by atoms with E-state index in [-0.39, 0.29) is 32.7 Å². The van der Waals surface area contributed by atoms with E-state index in [4.69, 9.17) is 23.7 Å². The summed E-state index contributed by atoms with van der Waals surface area (Å²) >= 11 is 0. The van der Waals surface area contributed by atoms with Gasteiger partial charge >= 0.3 is 29.8 Å². The summed E-state index contributed by atoms with van der Waals surface area (Å²) in [6.07, 6.45) is 97.3. The van der Waals surface area contributed by atoms with Crippen LogP contribution in [0.25, 0.3) is 0 Å². The maximum absolute atomic E-state index is 15.1. The summed E-state index contributed by atoms with van der Waals surface area (Å²) in [5.74, 6) is -5.97. The minimum Gasteiger partial charge on any atom is -0.466 e. The summed E-state index contributed by atoms with van der Waals surface area (Å²) in [7, 11) is 0. The number of rotatable bonds is 89. The highest BCUT2D eigenvalue weighted by Gasteiger charge is 2.46. The molecule has 634 valence electrons. The van der Waals surface area contributed by atoms with E-state index in [9.17, 15) is 19.2 Å². The number of carbonyl (C=O) groups is 5. The van der Waals surface area contributed by atoms with Gasteiger partial charge in [-0.3, -0.25) is 24.0 Å². The van der Waals surface area contributed by atoms with Crippen LogP contribution in [0, 0.1) is 11.8 Å². The second kappa shape index (κ2) is 89.1. The van der Waals surface area contributed by atoms with Gasteiger partial charge in [-0.1, -0.05) is 424 Å². The first-order valence-electron chi connectivity index (χ1n) is 48.0. The summed E-state index contributed by atoms with van der Waals surface area (Å²) in [5, 5.41) is 0. The lowest BCUT2D eigenvalue weighted by Gasteiger charge is -2.30. The molecule has 0 bridgehead atoms. The highest BCUT2D eigenvalue weighted by molar-refractivity contribution is 5.86. The zero-order valence-electron chi connectivity index (χ0n) is 72.6. The number of carbonyl (C=O) groups excluding carboxylic acids is 5. The van der Waals surface area contributed by atoms with Crippen molar-refractivity contribution in [3.63, 3.8) is 0 Å². The van der Waals surface area contributed by atoms with Crippen LogP contribution in [0.2, 0.25) is 0 Å². The van der Waals surface area contributed by atoms with Gasteiger partial charge in [-0.05, 0) is 109 Å². The van der Waals surface area contributed by atoms with Crippen molar-refractivity contribution >= 4 is 29.8 Å². The fourth-order valence-electron chi connectivity index (χ4n) is 14.9. The summed E-state index contributed by atoms with van der Waals surface area (Å²) in [6, 6.07) is 0. The van der Waals surface area contributed by atoms with Crippen LogP contribution in [0.4, 0.5) is 0 Å². The molecule has 0 aliphatic carbocycles. The molecule has 3 atom stereocenters. The van der Waals surface area contributed by atoms with Gasteiger partial charge in [0.05, 0.1) is 32.2 Å². The number of hydrogen-bond acceptors (Lipinski definition) is 10. The highest BCUT2D eigenvalue weighted by Crippen LogP contribution is 2.29. The third-order valence-electron chi connectivity index (χ3n) is 22.2. The third kappa shape index (κ3) is 77.9. The standard InChI is InChI=1S/C98H182O10/c1-6-11-16-21-26-31-36-41-46-51-56-61-66-71-76-81-86-104-95(101)89-91(97(102)105-87-82-77-72-67-62-57-52-47-42-37-32-27-22-17-12-7-2)96(98(103)106-88-83-78-73-68-63-58-53-48-43-38-33-28-23-18-13-8-3)92(108-94(100)85-80-75-70-65-60-55-50-45-40-35-30-25-20-15-10-5)90-107-93(99)84-79-74-69-64-59-54-49-44-39-34-29-24-19-14-9-4/h41-43,46-48,91-92,96H,6-40,44-45,49-90H2,1-5H3/b46-41-,47-42-,48-43-. The van der Waals surface area contributed by atoms with E-state index in [2.05, 4.69) is 71.1 Å². The van der Waals surface area contributed by atoms with Gasteiger partial charge in [-0.2, -0.15) is 0 Å². The van der Waals surface area contributed by atoms with Crippen molar-refractivity contribution in [3.8, 4) is 0 Å². The molecule has 0 amide bonds. The summed E-state index contributed by atoms with van der Waals surface area (Å²) < 4.78 is 30.5. The number of esters is 5. The van der Waals surface area contributed by atoms with Gasteiger partial charge in [-0.25, -0.2) is 0 Å². The van der Waals surface area contributed by atoms with E-state index in [0.29, 0.717) is 32.1 Å². The Morgan fingerprint density at radius 1 is 0.222 bits per heavy atom. The van der Waals surface area contributed by atoms with E-state index < -0.39 is 60.8 Å². The summed E-state index contributed by atoms with van der Waals surface area (Å²) in [6.45, 7) is 11.3. The van der Waals surface area contributed by atoms with Crippen molar-refractivity contribution < 1.29 is 47.7 Å². The van der Waals surface area contributed by atoms with Crippen molar-refractivity contribution in [2.24, 2.45) is 11.8 Å². The van der Waals surface area contributed by atoms with E-state index >= 15 is 4.79 Å². The third-order valence-corrected chi connectivity index (χ3v) is 22.2. The predicted molar refractivity (Wildman–Crippen MR) is 463 cm³/mol. The van der Waals surface area contributed by atoms with Crippen LogP contribution in [0.15, 0.2) is 36.5 Å². The van der Waals surface area contributed by atoms with E-state index in [0.717, 1.165) is 148 Å². The van der Waals surface area contributed by atoms with Gasteiger partial charge in [0.15, 0.2) is 0 Å². The van der Waals surface area contributed by atoms with Crippen LogP contribution in [0.3, 0.4) is 0 Å². The van der Waals surface area contributed by atoms with Crippen molar-refractivity contribution in [1.29, 1.82) is 0 Å². The van der Waals surface area contributed by atoms with Crippen molar-refractivity contribution in [2.75, 3.05) is 26.4 Å². The Bertz CT molecular complexity index is 1980. The molecule has 108 heavy (non-hydrogen) atoms. The van der Waals surface area contributed by atoms with Gasteiger partial charge in [0.1, 0.15) is 18.6 Å². The van der Waals surface area contributed by atoms with E-state index in [1.165, 1.54) is 283 Å². The van der Waals surface area contributed by atoms with Crippen LogP contribution in [0.1, 0.15) is 516 Å². The smallest absolute Gasteiger partial charge is 0.313 e. The normalized spacial score (nSPS) is 12.6. The largest absolute Gasteiger partial charge is 0.466 e. The molecule has 0 saturated heterocycles. The van der Waals surface area contributed by atoms with Crippen LogP contribution in [-0.4, -0.2) is 62.4 Å². The van der Waals surface area contributed by atoms with Gasteiger partial charge in [0, 0.05) is 12.8 Å². The lowest BCUT2D eigenvalue weighted by atomic mass is 9.84. The Balaban J connectivity index is 6.49. The second-order valence-electron chi connectivity index (χ2n) is 32.8. The number of hydrogen-bond donors (Lipinski definition) is 0. The van der Waals surface area contributed by atoms with Crippen LogP contribution in [-0.2, 0) is 47.7 Å². The van der Waals surface area contributed by atoms with Gasteiger partial charge in [-0.15, -0.1) is 0 Å². The van der Waals surface area contributed by atoms with E-state index in [1.807, 2.05) is 0 Å². The van der Waals surface area contributed by atoms with E-state index in [1.54, 1.807) is 0 Å². The maximum Gasteiger partial charge on any atom is 0.313 e. The maximum atomic E-state index is 15.1. The number of unbranched alkanes of at least 4 members (excludes halogenated alkanes) is 64. The molecule has 0 radical (unpaired) electrons. The molecule has 3 unspecified atom stereocenters. The molecule has 10 nitrogen and oxygen atoms in total. The predicted octanol–water partition coefficient (Wildman–Crippen LogP) is 31.3. The Morgan fingerprint density at radius 3 is 0.722 bits per heavy atom. The van der Waals surface area contributed by atoms with Gasteiger partial charge < -0.3 is 23.7 Å². The Morgan fingerprint density at radius 2 is 0.444 bits per heavy atom. The van der Waals surface area contributed by atoms with Crippen molar-refractivity contribution in [3.05, 3.63) is 36.5 Å². The summed E-state index contributed by atoms with van der Waals surface area (Å²) in [5.41, 5.74) is 0. The molecule has 10 heteroatoms. The molecule has 0 aromatic heterocycles. The summed E-state index contributed by atoms with van der Waals surface area (Å²) in [4.78, 5) is 72.2. The molecular formula is C98H182O10. The Labute approximate surface area is 670 Å². The van der Waals surface area contributed by atoms with Crippen LogP contribution < -0.4 is 0 Å². The minimum atomic E-state index is -1.48. The van der Waals surface area contributed by atoms with Crippen LogP contribution >= 0.6 is 0 Å². The lowest BCUT2D eigenvalue weighted by Crippen LogP contribution is -2.46. The molecule has 0 N–H and O–H groups in total. The van der Waals surface area contributed by atoms with Crippen LogP contribution in [0.5, 0.6) is 0 Å². The molecule has 0 aliphatic heterocycles. The first kappa shape index (κ1) is 105. The van der Waals surface area contributed by atoms with Gasteiger partial charge in [0.2, 0.25) is 0 Å². The highest BCUT2D eigenvalue weighted by atomic mass is 16.6. The monoisotopic (exact) mass is 1520 g/mol. The first-order chi connectivity index (χ1) is 53.2. The molecular weight excluding hydrogens is 1340 g/mol. The van der Waals surface area contributed by atoms with Crippen molar-refractivity contribution in [1.82, 2.24) is 0 Å². The fourth-order valence-corrected chi connectivity index (χ4v) is 14.9. The zero-order chi connectivity index (χ0) is 78.3. The van der Waals surface area contributed by atoms with Crippen molar-refractivity contribution in [2.45, 2.75) is 522 Å². The molecule has 0 aliphatic rings. The zero-order valence-corrected chi connectivity index (χ0v) is 72.6. The second-order valence-corrected chi connectivity index (χ2v) is 32.8. The first-order valence-corrected chi connectivity index (χ1v) is 48.0.